The van der Waals surface area contributed by atoms with E-state index in [4.69, 9.17) is 9.47 Å². The van der Waals surface area contributed by atoms with Gasteiger partial charge in [-0.05, 0) is 74.2 Å². The highest BCUT2D eigenvalue weighted by Gasteiger charge is 2.71. The normalized spacial score (nSPS) is 17.2. The number of urea groups is 1. The Morgan fingerprint density at radius 1 is 1.00 bits per heavy atom. The molecule has 1 aliphatic rings. The number of carbonyl (C=O) groups excluding carboxylic acids is 2. The van der Waals surface area contributed by atoms with Gasteiger partial charge in [-0.25, -0.2) is 4.79 Å². The van der Waals surface area contributed by atoms with Gasteiger partial charge >= 0.3 is 18.4 Å². The number of ether oxygens (including phenoxy) is 2. The second kappa shape index (κ2) is 15.0. The molecule has 2 N–H and O–H groups in total. The first-order chi connectivity index (χ1) is 23.8. The number of carbonyl (C=O) groups is 2. The van der Waals surface area contributed by atoms with E-state index in [9.17, 15) is 41.0 Å². The SMILES string of the molecule is C=C(C)/C=C\C(=C/C)COc1ccc(C2(C)NC(=O)N(Cc3cc(Oc4ccc(C(O)(C(F)(F)F)C(F)(F)F)cc4CCC)ccn3)C2=O)cc1. The van der Waals surface area contributed by atoms with Crippen LogP contribution in [0.15, 0.2) is 96.7 Å². The zero-order chi connectivity index (χ0) is 37.8. The van der Waals surface area contributed by atoms with Crippen LogP contribution in [-0.2, 0) is 28.9 Å². The first kappa shape index (κ1) is 38.7. The van der Waals surface area contributed by atoms with E-state index in [1.54, 1.807) is 38.1 Å². The molecule has 0 aliphatic carbocycles. The first-order valence-corrected chi connectivity index (χ1v) is 15.8. The quantitative estimate of drug-likeness (QED) is 0.104. The maximum Gasteiger partial charge on any atom is 0.430 e. The third-order valence-corrected chi connectivity index (χ3v) is 8.22. The highest BCUT2D eigenvalue weighted by Crippen LogP contribution is 2.50. The fourth-order valence-corrected chi connectivity index (χ4v) is 5.32. The minimum absolute atomic E-state index is 0.0107. The Labute approximate surface area is 291 Å². The van der Waals surface area contributed by atoms with Crippen LogP contribution in [0.2, 0.25) is 0 Å². The van der Waals surface area contributed by atoms with E-state index in [1.165, 1.54) is 18.3 Å². The van der Waals surface area contributed by atoms with Gasteiger partial charge in [-0.2, -0.15) is 26.3 Å². The van der Waals surface area contributed by atoms with Gasteiger partial charge in [-0.1, -0.05) is 61.9 Å². The second-order valence-electron chi connectivity index (χ2n) is 12.2. The molecule has 1 atom stereocenters. The van der Waals surface area contributed by atoms with E-state index in [2.05, 4.69) is 16.9 Å². The number of aromatic nitrogens is 1. The average Bonchev–Trinajstić information content (AvgIpc) is 3.28. The molecule has 0 radical (unpaired) electrons. The number of aryl methyl sites for hydroxylation is 1. The topological polar surface area (TPSA) is 101 Å². The number of alkyl halides is 6. The predicted octanol–water partition coefficient (Wildman–Crippen LogP) is 8.56. The van der Waals surface area contributed by atoms with Gasteiger partial charge in [0.1, 0.15) is 29.4 Å². The van der Waals surface area contributed by atoms with Crippen molar-refractivity contribution in [1.29, 1.82) is 0 Å². The molecule has 8 nitrogen and oxygen atoms in total. The number of hydrogen-bond acceptors (Lipinski definition) is 6. The Kier molecular flexibility index (Phi) is 11.4. The molecule has 0 bridgehead atoms. The molecule has 1 aliphatic heterocycles. The minimum atomic E-state index is -6.04. The van der Waals surface area contributed by atoms with Crippen molar-refractivity contribution in [2.24, 2.45) is 0 Å². The minimum Gasteiger partial charge on any atom is -0.489 e. The summed E-state index contributed by atoms with van der Waals surface area (Å²) in [6.07, 6.45) is -4.70. The molecule has 2 aromatic carbocycles. The zero-order valence-corrected chi connectivity index (χ0v) is 28.3. The van der Waals surface area contributed by atoms with Gasteiger partial charge in [0.15, 0.2) is 0 Å². The van der Waals surface area contributed by atoms with Gasteiger partial charge in [0.05, 0.1) is 12.2 Å². The maximum atomic E-state index is 13.6. The number of imide groups is 1. The molecule has 272 valence electrons. The van der Waals surface area contributed by atoms with Gasteiger partial charge in [-0.3, -0.25) is 14.7 Å². The summed E-state index contributed by atoms with van der Waals surface area (Å²) >= 11 is 0. The van der Waals surface area contributed by atoms with E-state index in [0.717, 1.165) is 22.1 Å². The molecule has 1 saturated heterocycles. The van der Waals surface area contributed by atoms with Gasteiger partial charge in [-0.15, -0.1) is 0 Å². The van der Waals surface area contributed by atoms with E-state index < -0.39 is 41.0 Å². The monoisotopic (exact) mass is 717 g/mol. The molecular formula is C37H37F6N3O5. The van der Waals surface area contributed by atoms with Crippen molar-refractivity contribution in [3.8, 4) is 17.2 Å². The number of nitrogens with one attached hydrogen (secondary N) is 1. The van der Waals surface area contributed by atoms with Crippen LogP contribution in [0.3, 0.4) is 0 Å². The molecule has 3 amide bonds. The third kappa shape index (κ3) is 8.28. The predicted molar refractivity (Wildman–Crippen MR) is 177 cm³/mol. The Bertz CT molecular complexity index is 1820. The van der Waals surface area contributed by atoms with Crippen molar-refractivity contribution < 1.29 is 50.5 Å². The summed E-state index contributed by atoms with van der Waals surface area (Å²) in [6, 6.07) is 10.9. The molecule has 0 spiro atoms. The zero-order valence-electron chi connectivity index (χ0n) is 28.3. The standard InChI is InChI=1S/C37H37F6N3O5/c1-6-8-25-19-27(35(49,36(38,39)40)37(41,42)43)13-16-31(25)51-30-17-18-44-28(20-30)21-46-32(47)34(5,45-33(46)48)26-11-14-29(15-12-26)50-22-24(7-2)10-9-23(3)4/h7,9-20,49H,3,6,8,21-22H2,1-2,4-5H3,(H,45,48)/b10-9-,24-7+. The maximum absolute atomic E-state index is 13.6. The van der Waals surface area contributed by atoms with Crippen LogP contribution in [0.25, 0.3) is 0 Å². The summed E-state index contributed by atoms with van der Waals surface area (Å²) in [5.41, 5.74) is -5.36. The van der Waals surface area contributed by atoms with E-state index >= 15 is 0 Å². The molecule has 1 fully saturated rings. The van der Waals surface area contributed by atoms with Crippen molar-refractivity contribution in [3.63, 3.8) is 0 Å². The van der Waals surface area contributed by atoms with Gasteiger partial charge < -0.3 is 19.9 Å². The molecule has 1 aromatic heterocycles. The van der Waals surface area contributed by atoms with Crippen LogP contribution in [0.1, 0.15) is 56.5 Å². The number of halogens is 6. The van der Waals surface area contributed by atoms with Gasteiger partial charge in [0.2, 0.25) is 0 Å². The summed E-state index contributed by atoms with van der Waals surface area (Å²) in [4.78, 5) is 31.8. The van der Waals surface area contributed by atoms with Crippen LogP contribution >= 0.6 is 0 Å². The van der Waals surface area contributed by atoms with Gasteiger partial charge in [0, 0.05) is 17.8 Å². The number of pyridine rings is 1. The number of allylic oxidation sites excluding steroid dienone is 3. The Hall–Kier alpha value is -5.11. The van der Waals surface area contributed by atoms with Crippen molar-refractivity contribution in [2.45, 2.75) is 70.6 Å². The molecule has 14 heteroatoms. The Morgan fingerprint density at radius 3 is 2.25 bits per heavy atom. The summed E-state index contributed by atoms with van der Waals surface area (Å²) in [7, 11) is 0. The first-order valence-electron chi connectivity index (χ1n) is 15.8. The molecule has 51 heavy (non-hydrogen) atoms. The van der Waals surface area contributed by atoms with Crippen LogP contribution in [0, 0.1) is 0 Å². The number of aliphatic hydroxyl groups is 1. The van der Waals surface area contributed by atoms with Crippen LogP contribution in [0.5, 0.6) is 17.2 Å². The lowest BCUT2D eigenvalue weighted by atomic mass is 9.90. The van der Waals surface area contributed by atoms with E-state index in [-0.39, 0.29) is 35.7 Å². The van der Waals surface area contributed by atoms with Crippen molar-refractivity contribution in [3.05, 3.63) is 119 Å². The second-order valence-corrected chi connectivity index (χ2v) is 12.2. The summed E-state index contributed by atoms with van der Waals surface area (Å²) in [5, 5.41) is 12.6. The van der Waals surface area contributed by atoms with E-state index in [0.29, 0.717) is 36.5 Å². The largest absolute Gasteiger partial charge is 0.489 e. The highest BCUT2D eigenvalue weighted by molar-refractivity contribution is 6.07. The summed E-state index contributed by atoms with van der Waals surface area (Å²) in [5.74, 6) is 0.0320. The lowest BCUT2D eigenvalue weighted by Gasteiger charge is -2.33. The van der Waals surface area contributed by atoms with Crippen LogP contribution in [0.4, 0.5) is 31.1 Å². The highest BCUT2D eigenvalue weighted by atomic mass is 19.4. The smallest absolute Gasteiger partial charge is 0.430 e. The summed E-state index contributed by atoms with van der Waals surface area (Å²) in [6.45, 7) is 10.9. The molecule has 4 rings (SSSR count). The number of amides is 3. The van der Waals surface area contributed by atoms with E-state index in [1.807, 2.05) is 32.1 Å². The Morgan fingerprint density at radius 2 is 1.67 bits per heavy atom. The molecule has 2 heterocycles. The van der Waals surface area contributed by atoms with Crippen molar-refractivity contribution in [2.75, 3.05) is 6.61 Å². The number of rotatable bonds is 13. The number of hydrogen-bond donors (Lipinski definition) is 2. The summed E-state index contributed by atoms with van der Waals surface area (Å²) < 4.78 is 92.7. The molecular weight excluding hydrogens is 680 g/mol. The lowest BCUT2D eigenvalue weighted by Crippen LogP contribution is -2.53. The van der Waals surface area contributed by atoms with Gasteiger partial charge in [0.25, 0.3) is 11.5 Å². The van der Waals surface area contributed by atoms with Crippen molar-refractivity contribution >= 4 is 11.9 Å². The lowest BCUT2D eigenvalue weighted by molar-refractivity contribution is -0.376. The molecule has 0 saturated carbocycles. The fourth-order valence-electron chi connectivity index (χ4n) is 5.32. The van der Waals surface area contributed by atoms with Crippen molar-refractivity contribution in [1.82, 2.24) is 15.2 Å². The fraction of sp³-hybridized carbons (Fsp3) is 0.324. The molecule has 3 aromatic rings. The third-order valence-electron chi connectivity index (χ3n) is 8.22. The van der Waals surface area contributed by atoms with Crippen LogP contribution < -0.4 is 14.8 Å². The molecule has 1 unspecified atom stereocenters. The van der Waals surface area contributed by atoms with Crippen LogP contribution in [-0.4, -0.2) is 45.9 Å². The number of benzene rings is 2. The average molecular weight is 718 g/mol. The Balaban J connectivity index is 1.50. The number of nitrogens with zero attached hydrogens (tertiary/aromatic N) is 2.